The van der Waals surface area contributed by atoms with Gasteiger partial charge in [-0.1, -0.05) is 48.5 Å². The van der Waals surface area contributed by atoms with Crippen LogP contribution < -0.4 is 9.47 Å². The molecule has 22 heavy (non-hydrogen) atoms. The summed E-state index contributed by atoms with van der Waals surface area (Å²) in [5, 5.41) is 0. The third-order valence-corrected chi connectivity index (χ3v) is 3.12. The van der Waals surface area contributed by atoms with Gasteiger partial charge in [-0.15, -0.1) is 0 Å². The molecule has 0 aliphatic rings. The molecule has 3 aromatic carbocycles. The molecule has 0 aliphatic carbocycles. The lowest BCUT2D eigenvalue weighted by Crippen LogP contribution is -1.97. The largest absolute Gasteiger partial charge is 0.486 e. The lowest BCUT2D eigenvalue weighted by molar-refractivity contribution is 0.289. The molecule has 3 aromatic rings. The Labute approximate surface area is 128 Å². The van der Waals surface area contributed by atoms with Gasteiger partial charge >= 0.3 is 0 Å². The predicted octanol–water partition coefficient (Wildman–Crippen LogP) is 5.20. The van der Waals surface area contributed by atoms with Crippen LogP contribution in [0.3, 0.4) is 0 Å². The number of halogens is 1. The zero-order valence-corrected chi connectivity index (χ0v) is 11.9. The van der Waals surface area contributed by atoms with Gasteiger partial charge in [0.2, 0.25) is 0 Å². The Bertz CT molecular complexity index is 727. The van der Waals surface area contributed by atoms with Crippen LogP contribution >= 0.6 is 0 Å². The quantitative estimate of drug-likeness (QED) is 0.644. The van der Waals surface area contributed by atoms with Gasteiger partial charge in [-0.05, 0) is 29.8 Å². The molecule has 110 valence electrons. The minimum atomic E-state index is -0.440. The molecule has 0 unspecified atom stereocenters. The van der Waals surface area contributed by atoms with Gasteiger partial charge in [0, 0.05) is 6.07 Å². The van der Waals surface area contributed by atoms with Crippen molar-refractivity contribution in [2.24, 2.45) is 0 Å². The summed E-state index contributed by atoms with van der Waals surface area (Å²) < 4.78 is 25.1. The highest BCUT2D eigenvalue weighted by Gasteiger charge is 2.06. The summed E-state index contributed by atoms with van der Waals surface area (Å²) in [5.74, 6) is 0.879. The monoisotopic (exact) mass is 294 g/mol. The van der Waals surface area contributed by atoms with Crippen molar-refractivity contribution < 1.29 is 13.9 Å². The molecule has 0 aliphatic heterocycles. The fourth-order valence-electron chi connectivity index (χ4n) is 2.02. The molecule has 0 fully saturated rings. The molecule has 3 rings (SSSR count). The van der Waals surface area contributed by atoms with Crippen LogP contribution in [0.5, 0.6) is 17.2 Å². The number of hydrogen-bond donors (Lipinski definition) is 0. The first-order valence-electron chi connectivity index (χ1n) is 7.00. The van der Waals surface area contributed by atoms with E-state index in [2.05, 4.69) is 0 Å². The molecule has 0 amide bonds. The van der Waals surface area contributed by atoms with Crippen molar-refractivity contribution in [3.05, 3.63) is 90.2 Å². The van der Waals surface area contributed by atoms with Crippen LogP contribution in [0.4, 0.5) is 4.39 Å². The van der Waals surface area contributed by atoms with Crippen LogP contribution in [0.15, 0.2) is 78.9 Å². The number of rotatable bonds is 5. The molecule has 0 N–H and O–H groups in total. The van der Waals surface area contributed by atoms with E-state index in [-0.39, 0.29) is 5.75 Å². The van der Waals surface area contributed by atoms with Crippen LogP contribution in [0.2, 0.25) is 0 Å². The maximum atomic E-state index is 14.1. The summed E-state index contributed by atoms with van der Waals surface area (Å²) in [6.07, 6.45) is 0. The topological polar surface area (TPSA) is 18.5 Å². The zero-order chi connectivity index (χ0) is 15.2. The van der Waals surface area contributed by atoms with E-state index >= 15 is 0 Å². The highest BCUT2D eigenvalue weighted by atomic mass is 19.1. The minimum Gasteiger partial charge on any atom is -0.486 e. The van der Waals surface area contributed by atoms with Gasteiger partial charge in [0.25, 0.3) is 0 Å². The Hall–Kier alpha value is -2.81. The fraction of sp³-hybridized carbons (Fsp3) is 0.0526. The van der Waals surface area contributed by atoms with E-state index in [1.807, 2.05) is 60.7 Å². The number of ether oxygens (including phenoxy) is 2. The van der Waals surface area contributed by atoms with Crippen molar-refractivity contribution in [1.82, 2.24) is 0 Å². The van der Waals surface area contributed by atoms with Crippen LogP contribution in [0.25, 0.3) is 0 Å². The van der Waals surface area contributed by atoms with Crippen molar-refractivity contribution >= 4 is 0 Å². The van der Waals surface area contributed by atoms with E-state index in [9.17, 15) is 4.39 Å². The molecular formula is C19H15FO2. The van der Waals surface area contributed by atoms with Crippen molar-refractivity contribution in [1.29, 1.82) is 0 Å². The van der Waals surface area contributed by atoms with Crippen molar-refractivity contribution in [2.45, 2.75) is 6.61 Å². The summed E-state index contributed by atoms with van der Waals surface area (Å²) in [5.41, 5.74) is 0.992. The van der Waals surface area contributed by atoms with Gasteiger partial charge in [-0.2, -0.15) is 0 Å². The van der Waals surface area contributed by atoms with Crippen molar-refractivity contribution in [3.63, 3.8) is 0 Å². The van der Waals surface area contributed by atoms with E-state index < -0.39 is 5.82 Å². The van der Waals surface area contributed by atoms with Crippen molar-refractivity contribution in [2.75, 3.05) is 0 Å². The number of benzene rings is 3. The van der Waals surface area contributed by atoms with Crippen molar-refractivity contribution in [3.8, 4) is 17.2 Å². The Morgan fingerprint density at radius 1 is 0.727 bits per heavy atom. The molecule has 0 aromatic heterocycles. The summed E-state index contributed by atoms with van der Waals surface area (Å²) in [6.45, 7) is 0.330. The van der Waals surface area contributed by atoms with E-state index in [0.717, 1.165) is 5.56 Å². The fourth-order valence-corrected chi connectivity index (χ4v) is 2.02. The Balaban J connectivity index is 1.67. The normalized spacial score (nSPS) is 10.2. The predicted molar refractivity (Wildman–Crippen MR) is 83.7 cm³/mol. The second-order valence-electron chi connectivity index (χ2n) is 4.78. The summed E-state index contributed by atoms with van der Waals surface area (Å²) in [7, 11) is 0. The van der Waals surface area contributed by atoms with Gasteiger partial charge in [-0.25, -0.2) is 4.39 Å². The maximum absolute atomic E-state index is 14.1. The van der Waals surface area contributed by atoms with Crippen LogP contribution in [0, 0.1) is 5.82 Å². The average Bonchev–Trinajstić information content (AvgIpc) is 2.56. The highest BCUT2D eigenvalue weighted by molar-refractivity contribution is 5.36. The second kappa shape index (κ2) is 6.76. The molecule has 0 saturated heterocycles. The molecule has 0 saturated carbocycles. The third-order valence-electron chi connectivity index (χ3n) is 3.12. The molecule has 0 heterocycles. The Kier molecular flexibility index (Phi) is 4.35. The van der Waals surface area contributed by atoms with Gasteiger partial charge in [0.1, 0.15) is 18.1 Å². The summed E-state index contributed by atoms with van der Waals surface area (Å²) in [4.78, 5) is 0. The number of hydrogen-bond acceptors (Lipinski definition) is 2. The molecule has 2 nitrogen and oxygen atoms in total. The first kappa shape index (κ1) is 14.1. The van der Waals surface area contributed by atoms with Crippen LogP contribution in [-0.4, -0.2) is 0 Å². The average molecular weight is 294 g/mol. The van der Waals surface area contributed by atoms with E-state index in [0.29, 0.717) is 18.1 Å². The van der Waals surface area contributed by atoms with E-state index in [4.69, 9.17) is 9.47 Å². The van der Waals surface area contributed by atoms with Gasteiger partial charge in [0.05, 0.1) is 0 Å². The Morgan fingerprint density at radius 3 is 2.09 bits per heavy atom. The van der Waals surface area contributed by atoms with Crippen LogP contribution in [-0.2, 0) is 6.61 Å². The summed E-state index contributed by atoms with van der Waals surface area (Å²) in [6, 6.07) is 23.5. The first-order chi connectivity index (χ1) is 10.8. The van der Waals surface area contributed by atoms with Gasteiger partial charge < -0.3 is 9.47 Å². The molecule has 0 atom stereocenters. The van der Waals surface area contributed by atoms with E-state index in [1.54, 1.807) is 12.1 Å². The van der Waals surface area contributed by atoms with E-state index in [1.165, 1.54) is 6.07 Å². The lowest BCUT2D eigenvalue weighted by Gasteiger charge is -2.10. The third kappa shape index (κ3) is 3.64. The highest BCUT2D eigenvalue weighted by Crippen LogP contribution is 2.27. The van der Waals surface area contributed by atoms with Gasteiger partial charge in [-0.3, -0.25) is 0 Å². The van der Waals surface area contributed by atoms with Gasteiger partial charge in [0.15, 0.2) is 11.6 Å². The zero-order valence-electron chi connectivity index (χ0n) is 11.9. The maximum Gasteiger partial charge on any atom is 0.168 e. The minimum absolute atomic E-state index is 0.212. The molecule has 0 radical (unpaired) electrons. The lowest BCUT2D eigenvalue weighted by atomic mass is 10.2. The SMILES string of the molecule is Fc1cc(Oc2ccccc2)ccc1OCc1ccccc1. The van der Waals surface area contributed by atoms with Crippen LogP contribution in [0.1, 0.15) is 5.56 Å². The second-order valence-corrected chi connectivity index (χ2v) is 4.78. The molecule has 0 spiro atoms. The first-order valence-corrected chi connectivity index (χ1v) is 7.00. The summed E-state index contributed by atoms with van der Waals surface area (Å²) >= 11 is 0. The smallest absolute Gasteiger partial charge is 0.168 e. The molecule has 3 heteroatoms. The number of para-hydroxylation sites is 1. The Morgan fingerprint density at radius 2 is 1.41 bits per heavy atom. The molecular weight excluding hydrogens is 279 g/mol. The molecule has 0 bridgehead atoms. The standard InChI is InChI=1S/C19H15FO2/c20-18-13-17(22-16-9-5-2-6-10-16)11-12-19(18)21-14-15-7-3-1-4-8-15/h1-13H,14H2.